The SMILES string of the molecule is O=C(c1nn(-c2cccc(Cl)c2)c(=O)n(Cc2ccccc2F)c1=O)N1CCCC1. The maximum Gasteiger partial charge on any atom is 0.352 e. The molecule has 1 aromatic heterocycles. The minimum absolute atomic E-state index is 0.153. The van der Waals surface area contributed by atoms with Crippen LogP contribution in [0.25, 0.3) is 5.69 Å². The molecule has 0 radical (unpaired) electrons. The summed E-state index contributed by atoms with van der Waals surface area (Å²) in [6, 6.07) is 12.2. The Labute approximate surface area is 175 Å². The van der Waals surface area contributed by atoms with Gasteiger partial charge in [0.15, 0.2) is 0 Å². The second-order valence-electron chi connectivity index (χ2n) is 7.00. The molecule has 0 bridgehead atoms. The molecule has 2 heterocycles. The van der Waals surface area contributed by atoms with E-state index in [1.807, 2.05) is 0 Å². The van der Waals surface area contributed by atoms with Gasteiger partial charge in [-0.2, -0.15) is 9.78 Å². The van der Waals surface area contributed by atoms with Crippen molar-refractivity contribution in [3.05, 3.63) is 91.5 Å². The van der Waals surface area contributed by atoms with Gasteiger partial charge in [-0.1, -0.05) is 35.9 Å². The lowest BCUT2D eigenvalue weighted by Gasteiger charge is -2.17. The van der Waals surface area contributed by atoms with E-state index in [4.69, 9.17) is 11.6 Å². The summed E-state index contributed by atoms with van der Waals surface area (Å²) < 4.78 is 16.0. The van der Waals surface area contributed by atoms with Crippen molar-refractivity contribution in [3.8, 4) is 5.69 Å². The first-order valence-electron chi connectivity index (χ1n) is 9.48. The molecule has 0 N–H and O–H groups in total. The molecular formula is C21H18ClFN4O3. The van der Waals surface area contributed by atoms with Crippen LogP contribution in [0.5, 0.6) is 0 Å². The quantitative estimate of drug-likeness (QED) is 0.639. The van der Waals surface area contributed by atoms with Crippen molar-refractivity contribution in [1.82, 2.24) is 19.2 Å². The predicted octanol–water partition coefficient (Wildman–Crippen LogP) is 2.47. The van der Waals surface area contributed by atoms with Crippen molar-refractivity contribution in [2.45, 2.75) is 19.4 Å². The summed E-state index contributed by atoms with van der Waals surface area (Å²) >= 11 is 6.04. The molecule has 1 aliphatic heterocycles. The number of rotatable bonds is 4. The van der Waals surface area contributed by atoms with Gasteiger partial charge in [0.2, 0.25) is 5.69 Å². The van der Waals surface area contributed by atoms with Crippen molar-refractivity contribution in [2.24, 2.45) is 0 Å². The molecule has 4 rings (SSSR count). The number of carbonyl (C=O) groups is 1. The first-order valence-corrected chi connectivity index (χ1v) is 9.86. The zero-order valence-corrected chi connectivity index (χ0v) is 16.7. The van der Waals surface area contributed by atoms with E-state index in [2.05, 4.69) is 5.10 Å². The van der Waals surface area contributed by atoms with Gasteiger partial charge >= 0.3 is 5.69 Å². The lowest BCUT2D eigenvalue weighted by atomic mass is 10.2. The summed E-state index contributed by atoms with van der Waals surface area (Å²) in [5.74, 6) is -1.10. The number of halogens is 2. The number of aromatic nitrogens is 3. The fraction of sp³-hybridized carbons (Fsp3) is 0.238. The lowest BCUT2D eigenvalue weighted by Crippen LogP contribution is -2.46. The van der Waals surface area contributed by atoms with Gasteiger partial charge in [0, 0.05) is 23.7 Å². The summed E-state index contributed by atoms with van der Waals surface area (Å²) in [6.45, 7) is 0.709. The Morgan fingerprint density at radius 3 is 2.50 bits per heavy atom. The van der Waals surface area contributed by atoms with Crippen LogP contribution in [-0.2, 0) is 6.54 Å². The van der Waals surface area contributed by atoms with E-state index >= 15 is 0 Å². The van der Waals surface area contributed by atoms with Gasteiger partial charge in [-0.05, 0) is 37.1 Å². The molecule has 0 aliphatic carbocycles. The second kappa shape index (κ2) is 8.23. The van der Waals surface area contributed by atoms with Crippen LogP contribution >= 0.6 is 11.6 Å². The third-order valence-electron chi connectivity index (χ3n) is 4.99. The second-order valence-corrected chi connectivity index (χ2v) is 7.44. The Balaban J connectivity index is 1.91. The number of hydrogen-bond donors (Lipinski definition) is 0. The third kappa shape index (κ3) is 3.78. The van der Waals surface area contributed by atoms with Gasteiger partial charge in [-0.15, -0.1) is 0 Å². The highest BCUT2D eigenvalue weighted by molar-refractivity contribution is 6.30. The van der Waals surface area contributed by atoms with E-state index in [0.717, 1.165) is 22.1 Å². The normalized spacial score (nSPS) is 13.6. The van der Waals surface area contributed by atoms with Gasteiger partial charge in [-0.25, -0.2) is 9.18 Å². The highest BCUT2D eigenvalue weighted by atomic mass is 35.5. The molecule has 0 saturated carbocycles. The molecule has 3 aromatic rings. The van der Waals surface area contributed by atoms with Crippen molar-refractivity contribution < 1.29 is 9.18 Å². The number of hydrogen-bond acceptors (Lipinski definition) is 4. The van der Waals surface area contributed by atoms with Crippen molar-refractivity contribution in [2.75, 3.05) is 13.1 Å². The first-order chi connectivity index (χ1) is 14.5. The topological polar surface area (TPSA) is 77.2 Å². The number of nitrogens with zero attached hydrogens (tertiary/aromatic N) is 4. The van der Waals surface area contributed by atoms with Crippen LogP contribution in [0, 0.1) is 5.82 Å². The minimum atomic E-state index is -0.849. The zero-order valence-electron chi connectivity index (χ0n) is 15.9. The number of amides is 1. The van der Waals surface area contributed by atoms with Gasteiger partial charge < -0.3 is 4.90 Å². The van der Waals surface area contributed by atoms with Crippen molar-refractivity contribution in [3.63, 3.8) is 0 Å². The largest absolute Gasteiger partial charge is 0.352 e. The molecule has 1 aliphatic rings. The Morgan fingerprint density at radius 1 is 1.07 bits per heavy atom. The fourth-order valence-electron chi connectivity index (χ4n) is 3.43. The van der Waals surface area contributed by atoms with Crippen LogP contribution in [0.3, 0.4) is 0 Å². The van der Waals surface area contributed by atoms with E-state index in [1.165, 1.54) is 29.2 Å². The molecule has 0 unspecified atom stereocenters. The molecule has 1 amide bonds. The van der Waals surface area contributed by atoms with Crippen molar-refractivity contribution >= 4 is 17.5 Å². The summed E-state index contributed by atoms with van der Waals surface area (Å²) in [6.07, 6.45) is 1.67. The maximum absolute atomic E-state index is 14.2. The highest BCUT2D eigenvalue weighted by Crippen LogP contribution is 2.14. The molecule has 2 aromatic carbocycles. The summed E-state index contributed by atoms with van der Waals surface area (Å²) in [4.78, 5) is 40.6. The molecule has 0 atom stereocenters. The van der Waals surface area contributed by atoms with Crippen LogP contribution in [-0.4, -0.2) is 38.2 Å². The van der Waals surface area contributed by atoms with E-state index in [9.17, 15) is 18.8 Å². The van der Waals surface area contributed by atoms with Crippen LogP contribution < -0.4 is 11.2 Å². The molecule has 30 heavy (non-hydrogen) atoms. The summed E-state index contributed by atoms with van der Waals surface area (Å²) in [5, 5.41) is 4.44. The molecule has 0 spiro atoms. The Bertz CT molecular complexity index is 1230. The van der Waals surface area contributed by atoms with Crippen molar-refractivity contribution in [1.29, 1.82) is 0 Å². The van der Waals surface area contributed by atoms with E-state index < -0.39 is 23.0 Å². The molecule has 1 fully saturated rings. The summed E-state index contributed by atoms with van der Waals surface area (Å²) in [5.41, 5.74) is -1.57. The van der Waals surface area contributed by atoms with E-state index in [0.29, 0.717) is 23.8 Å². The maximum atomic E-state index is 14.2. The highest BCUT2D eigenvalue weighted by Gasteiger charge is 2.27. The monoisotopic (exact) mass is 428 g/mol. The van der Waals surface area contributed by atoms with E-state index in [1.54, 1.807) is 24.3 Å². The average molecular weight is 429 g/mol. The van der Waals surface area contributed by atoms with Crippen LogP contribution in [0.1, 0.15) is 28.9 Å². The molecular weight excluding hydrogens is 411 g/mol. The fourth-order valence-corrected chi connectivity index (χ4v) is 3.62. The smallest absolute Gasteiger partial charge is 0.337 e. The summed E-state index contributed by atoms with van der Waals surface area (Å²) in [7, 11) is 0. The van der Waals surface area contributed by atoms with Gasteiger partial charge in [0.05, 0.1) is 12.2 Å². The predicted molar refractivity (Wildman–Crippen MR) is 110 cm³/mol. The Morgan fingerprint density at radius 2 is 1.80 bits per heavy atom. The molecule has 7 nitrogen and oxygen atoms in total. The molecule has 9 heteroatoms. The van der Waals surface area contributed by atoms with Crippen LogP contribution in [0.4, 0.5) is 4.39 Å². The standard InChI is InChI=1S/C21H18ClFN4O3/c22-15-7-5-8-16(12-15)27-21(30)26(13-14-6-1-2-9-17(14)23)20(29)18(24-27)19(28)25-10-3-4-11-25/h1-2,5-9,12H,3-4,10-11,13H2. The lowest BCUT2D eigenvalue weighted by molar-refractivity contribution is 0.0781. The molecule has 154 valence electrons. The zero-order chi connectivity index (χ0) is 21.3. The van der Waals surface area contributed by atoms with Gasteiger partial charge in [0.25, 0.3) is 11.5 Å². The average Bonchev–Trinajstić information content (AvgIpc) is 3.27. The minimum Gasteiger partial charge on any atom is -0.337 e. The number of likely N-dealkylation sites (tertiary alicyclic amines) is 1. The third-order valence-corrected chi connectivity index (χ3v) is 5.23. The van der Waals surface area contributed by atoms with E-state index in [-0.39, 0.29) is 17.8 Å². The van der Waals surface area contributed by atoms with Gasteiger partial charge in [0.1, 0.15) is 5.82 Å². The first kappa shape index (κ1) is 20.0. The Kier molecular flexibility index (Phi) is 5.50. The number of carbonyl (C=O) groups excluding carboxylic acids is 1. The van der Waals surface area contributed by atoms with Crippen LogP contribution in [0.2, 0.25) is 5.02 Å². The molecule has 1 saturated heterocycles. The van der Waals surface area contributed by atoms with Crippen LogP contribution in [0.15, 0.2) is 58.1 Å². The Hall–Kier alpha value is -3.26. The number of benzene rings is 2. The van der Waals surface area contributed by atoms with Gasteiger partial charge in [-0.3, -0.25) is 14.2 Å².